The Bertz CT molecular complexity index is 184. The van der Waals surface area contributed by atoms with Crippen molar-refractivity contribution in [1.29, 1.82) is 0 Å². The highest BCUT2D eigenvalue weighted by Crippen LogP contribution is 2.06. The lowest BCUT2D eigenvalue weighted by atomic mass is 10.1. The summed E-state index contributed by atoms with van der Waals surface area (Å²) in [6, 6.07) is 0.637. The average molecular weight is 199 g/mol. The van der Waals surface area contributed by atoms with Gasteiger partial charge in [0.05, 0.1) is 0 Å². The van der Waals surface area contributed by atoms with E-state index in [9.17, 15) is 4.79 Å². The van der Waals surface area contributed by atoms with Gasteiger partial charge >= 0.3 is 0 Å². The lowest BCUT2D eigenvalue weighted by Crippen LogP contribution is -2.49. The second-order valence-electron chi connectivity index (χ2n) is 3.96. The summed E-state index contributed by atoms with van der Waals surface area (Å²) in [5, 5.41) is 6.21. The van der Waals surface area contributed by atoms with E-state index in [2.05, 4.69) is 22.6 Å². The maximum Gasteiger partial charge on any atom is 0.216 e. The van der Waals surface area contributed by atoms with Crippen LogP contribution in [-0.2, 0) is 4.79 Å². The van der Waals surface area contributed by atoms with E-state index < -0.39 is 0 Å². The average Bonchev–Trinajstić information content (AvgIpc) is 2.15. The number of likely N-dealkylation sites (N-methyl/N-ethyl adjacent to an activating group) is 1. The van der Waals surface area contributed by atoms with Gasteiger partial charge in [-0.05, 0) is 19.9 Å². The molecule has 1 saturated heterocycles. The highest BCUT2D eigenvalue weighted by molar-refractivity contribution is 5.72. The molecule has 0 saturated carbocycles. The van der Waals surface area contributed by atoms with Crippen molar-refractivity contribution in [2.45, 2.75) is 25.8 Å². The van der Waals surface area contributed by atoms with Crippen molar-refractivity contribution < 1.29 is 4.79 Å². The van der Waals surface area contributed by atoms with Crippen molar-refractivity contribution in [3.05, 3.63) is 0 Å². The monoisotopic (exact) mass is 199 g/mol. The first-order valence-electron chi connectivity index (χ1n) is 5.35. The maximum absolute atomic E-state index is 10.6. The minimum Gasteiger partial charge on any atom is -0.356 e. The van der Waals surface area contributed by atoms with Gasteiger partial charge in [0.2, 0.25) is 5.91 Å². The molecule has 0 aliphatic carbocycles. The fraction of sp³-hybridized carbons (Fsp3) is 0.900. The first-order chi connectivity index (χ1) is 6.70. The topological polar surface area (TPSA) is 44.4 Å². The predicted molar refractivity (Wildman–Crippen MR) is 57.2 cm³/mol. The van der Waals surface area contributed by atoms with E-state index in [0.717, 1.165) is 39.0 Å². The Morgan fingerprint density at radius 2 is 2.43 bits per heavy atom. The van der Waals surface area contributed by atoms with Gasteiger partial charge in [-0.15, -0.1) is 0 Å². The molecule has 82 valence electrons. The van der Waals surface area contributed by atoms with Crippen LogP contribution in [0.5, 0.6) is 0 Å². The highest BCUT2D eigenvalue weighted by Gasteiger charge is 2.17. The van der Waals surface area contributed by atoms with Crippen LogP contribution < -0.4 is 10.6 Å². The Morgan fingerprint density at radius 1 is 1.64 bits per heavy atom. The quantitative estimate of drug-likeness (QED) is 0.617. The standard InChI is InChI=1S/C10H21N3O/c1-9(14)12-5-3-4-10-8-11-6-7-13(10)2/h10-11H,3-8H2,1-2H3,(H,12,14). The molecule has 0 aromatic carbocycles. The number of hydrogen-bond donors (Lipinski definition) is 2. The van der Waals surface area contributed by atoms with Crippen molar-refractivity contribution >= 4 is 5.91 Å². The molecular formula is C10H21N3O. The molecule has 0 aromatic heterocycles. The Hall–Kier alpha value is -0.610. The molecule has 0 aromatic rings. The largest absolute Gasteiger partial charge is 0.356 e. The molecule has 4 heteroatoms. The van der Waals surface area contributed by atoms with Gasteiger partial charge in [0.15, 0.2) is 0 Å². The van der Waals surface area contributed by atoms with Gasteiger partial charge in [0.25, 0.3) is 0 Å². The summed E-state index contributed by atoms with van der Waals surface area (Å²) in [6.07, 6.45) is 2.22. The van der Waals surface area contributed by atoms with E-state index in [4.69, 9.17) is 0 Å². The molecule has 0 spiro atoms. The number of hydrogen-bond acceptors (Lipinski definition) is 3. The van der Waals surface area contributed by atoms with E-state index >= 15 is 0 Å². The molecule has 1 heterocycles. The molecule has 1 aliphatic heterocycles. The smallest absolute Gasteiger partial charge is 0.216 e. The summed E-state index contributed by atoms with van der Waals surface area (Å²) in [5.41, 5.74) is 0. The lowest BCUT2D eigenvalue weighted by Gasteiger charge is -2.33. The summed E-state index contributed by atoms with van der Waals surface area (Å²) in [5.74, 6) is 0.0696. The van der Waals surface area contributed by atoms with Crippen LogP contribution in [0, 0.1) is 0 Å². The number of carbonyl (C=O) groups excluding carboxylic acids is 1. The summed E-state index contributed by atoms with van der Waals surface area (Å²) in [6.45, 7) is 5.67. The van der Waals surface area contributed by atoms with Crippen LogP contribution in [0.15, 0.2) is 0 Å². The fourth-order valence-corrected chi connectivity index (χ4v) is 1.79. The Labute approximate surface area is 86.0 Å². The molecule has 1 fully saturated rings. The number of amides is 1. The molecule has 1 atom stereocenters. The van der Waals surface area contributed by atoms with Gasteiger partial charge in [0.1, 0.15) is 0 Å². The Morgan fingerprint density at radius 3 is 3.07 bits per heavy atom. The number of nitrogens with one attached hydrogen (secondary N) is 2. The van der Waals surface area contributed by atoms with E-state index in [0.29, 0.717) is 6.04 Å². The second kappa shape index (κ2) is 5.98. The number of nitrogens with zero attached hydrogens (tertiary/aromatic N) is 1. The third kappa shape index (κ3) is 4.07. The molecule has 0 radical (unpaired) electrons. The molecule has 2 N–H and O–H groups in total. The summed E-state index contributed by atoms with van der Waals surface area (Å²) >= 11 is 0. The van der Waals surface area contributed by atoms with Crippen LogP contribution in [-0.4, -0.2) is 50.1 Å². The molecular weight excluding hydrogens is 178 g/mol. The number of piperazine rings is 1. The van der Waals surface area contributed by atoms with Gasteiger partial charge in [-0.2, -0.15) is 0 Å². The van der Waals surface area contributed by atoms with Crippen molar-refractivity contribution in [2.75, 3.05) is 33.2 Å². The molecule has 4 nitrogen and oxygen atoms in total. The zero-order valence-electron chi connectivity index (χ0n) is 9.18. The molecule has 1 rings (SSSR count). The van der Waals surface area contributed by atoms with Gasteiger partial charge in [-0.25, -0.2) is 0 Å². The third-order valence-corrected chi connectivity index (χ3v) is 2.73. The van der Waals surface area contributed by atoms with E-state index in [1.54, 1.807) is 6.92 Å². The van der Waals surface area contributed by atoms with E-state index in [-0.39, 0.29) is 5.91 Å². The summed E-state index contributed by atoms with van der Waals surface area (Å²) < 4.78 is 0. The maximum atomic E-state index is 10.6. The van der Waals surface area contributed by atoms with Gasteiger partial charge in [-0.1, -0.05) is 0 Å². The van der Waals surface area contributed by atoms with Gasteiger partial charge < -0.3 is 15.5 Å². The molecule has 1 amide bonds. The molecule has 1 unspecified atom stereocenters. The van der Waals surface area contributed by atoms with Crippen LogP contribution in [0.2, 0.25) is 0 Å². The van der Waals surface area contributed by atoms with Crippen molar-refractivity contribution in [1.82, 2.24) is 15.5 Å². The van der Waals surface area contributed by atoms with Crippen molar-refractivity contribution in [3.63, 3.8) is 0 Å². The van der Waals surface area contributed by atoms with Crippen LogP contribution in [0.3, 0.4) is 0 Å². The SMILES string of the molecule is CC(=O)NCCCC1CNCCN1C. The number of rotatable bonds is 4. The first kappa shape index (κ1) is 11.5. The highest BCUT2D eigenvalue weighted by atomic mass is 16.1. The van der Waals surface area contributed by atoms with Gasteiger partial charge in [0, 0.05) is 39.1 Å². The predicted octanol–water partition coefficient (Wildman–Crippen LogP) is -0.194. The molecule has 0 bridgehead atoms. The first-order valence-corrected chi connectivity index (χ1v) is 5.35. The second-order valence-corrected chi connectivity index (χ2v) is 3.96. The Kier molecular flexibility index (Phi) is 4.90. The minimum absolute atomic E-state index is 0.0696. The lowest BCUT2D eigenvalue weighted by molar-refractivity contribution is -0.118. The zero-order chi connectivity index (χ0) is 10.4. The van der Waals surface area contributed by atoms with Crippen molar-refractivity contribution in [3.8, 4) is 0 Å². The normalized spacial score (nSPS) is 23.4. The van der Waals surface area contributed by atoms with E-state index in [1.165, 1.54) is 0 Å². The third-order valence-electron chi connectivity index (χ3n) is 2.73. The van der Waals surface area contributed by atoms with Crippen LogP contribution >= 0.6 is 0 Å². The summed E-state index contributed by atoms with van der Waals surface area (Å²) in [4.78, 5) is 13.0. The van der Waals surface area contributed by atoms with Crippen LogP contribution in [0.25, 0.3) is 0 Å². The van der Waals surface area contributed by atoms with Crippen LogP contribution in [0.4, 0.5) is 0 Å². The van der Waals surface area contributed by atoms with E-state index in [1.807, 2.05) is 0 Å². The molecule has 14 heavy (non-hydrogen) atoms. The van der Waals surface area contributed by atoms with Crippen molar-refractivity contribution in [2.24, 2.45) is 0 Å². The van der Waals surface area contributed by atoms with Gasteiger partial charge in [-0.3, -0.25) is 4.79 Å². The zero-order valence-corrected chi connectivity index (χ0v) is 9.18. The molecule has 1 aliphatic rings. The number of carbonyl (C=O) groups is 1. The Balaban J connectivity index is 2.07. The minimum atomic E-state index is 0.0696. The fourth-order valence-electron chi connectivity index (χ4n) is 1.79. The summed E-state index contributed by atoms with van der Waals surface area (Å²) in [7, 11) is 2.17. The van der Waals surface area contributed by atoms with Crippen LogP contribution in [0.1, 0.15) is 19.8 Å².